The molecule has 3 aromatic rings. The van der Waals surface area contributed by atoms with Crippen LogP contribution in [0.5, 0.6) is 0 Å². The van der Waals surface area contributed by atoms with E-state index in [1.807, 2.05) is 62.6 Å². The van der Waals surface area contributed by atoms with E-state index in [4.69, 9.17) is 0 Å². The summed E-state index contributed by atoms with van der Waals surface area (Å²) in [6, 6.07) is 9.46. The molecule has 1 amide bonds. The molecule has 0 bridgehead atoms. The maximum Gasteiger partial charge on any atom is 0.251 e. The molecular formula is C20H24N6O. The van der Waals surface area contributed by atoms with Crippen LogP contribution in [0.25, 0.3) is 11.3 Å². The van der Waals surface area contributed by atoms with Gasteiger partial charge in [-0.2, -0.15) is 5.10 Å². The molecule has 0 radical (unpaired) electrons. The van der Waals surface area contributed by atoms with Crippen molar-refractivity contribution < 1.29 is 4.79 Å². The Morgan fingerprint density at radius 2 is 1.93 bits per heavy atom. The SMILES string of the molecule is CCc1cc(-c2ccc(C(=O)NCc3cnn(C)c3)cc2)nc(N(C)C)n1. The third-order valence-electron chi connectivity index (χ3n) is 4.18. The van der Waals surface area contributed by atoms with Gasteiger partial charge in [0.1, 0.15) is 0 Å². The molecule has 3 rings (SSSR count). The summed E-state index contributed by atoms with van der Waals surface area (Å²) in [6.07, 6.45) is 4.46. The summed E-state index contributed by atoms with van der Waals surface area (Å²) in [6.45, 7) is 2.52. The number of benzene rings is 1. The summed E-state index contributed by atoms with van der Waals surface area (Å²) in [5, 5.41) is 7.00. The quantitative estimate of drug-likeness (QED) is 0.727. The smallest absolute Gasteiger partial charge is 0.251 e. The first-order valence-electron chi connectivity index (χ1n) is 8.87. The van der Waals surface area contributed by atoms with Crippen molar-refractivity contribution in [1.29, 1.82) is 0 Å². The molecule has 1 N–H and O–H groups in total. The molecule has 0 saturated heterocycles. The highest BCUT2D eigenvalue weighted by Gasteiger charge is 2.10. The number of nitrogens with zero attached hydrogens (tertiary/aromatic N) is 5. The molecule has 0 fully saturated rings. The van der Waals surface area contributed by atoms with Crippen LogP contribution in [0.1, 0.15) is 28.5 Å². The summed E-state index contributed by atoms with van der Waals surface area (Å²) in [5.41, 5.74) is 4.38. The van der Waals surface area contributed by atoms with Gasteiger partial charge in [-0.3, -0.25) is 9.48 Å². The summed E-state index contributed by atoms with van der Waals surface area (Å²) in [7, 11) is 5.70. The van der Waals surface area contributed by atoms with Crippen molar-refractivity contribution in [3.05, 3.63) is 59.5 Å². The number of hydrogen-bond acceptors (Lipinski definition) is 5. The summed E-state index contributed by atoms with van der Waals surface area (Å²) >= 11 is 0. The Labute approximate surface area is 159 Å². The zero-order valence-corrected chi connectivity index (χ0v) is 16.1. The molecule has 0 saturated carbocycles. The van der Waals surface area contributed by atoms with Crippen LogP contribution in [0.15, 0.2) is 42.7 Å². The lowest BCUT2D eigenvalue weighted by atomic mass is 10.1. The normalized spacial score (nSPS) is 10.7. The van der Waals surface area contributed by atoms with E-state index in [1.165, 1.54) is 0 Å². The average molecular weight is 364 g/mol. The van der Waals surface area contributed by atoms with E-state index < -0.39 is 0 Å². The van der Waals surface area contributed by atoms with Crippen molar-refractivity contribution >= 4 is 11.9 Å². The van der Waals surface area contributed by atoms with E-state index in [0.29, 0.717) is 18.1 Å². The lowest BCUT2D eigenvalue weighted by Gasteiger charge is -2.13. The van der Waals surface area contributed by atoms with E-state index in [9.17, 15) is 4.79 Å². The molecule has 0 aliphatic rings. The fourth-order valence-corrected chi connectivity index (χ4v) is 2.65. The topological polar surface area (TPSA) is 75.9 Å². The molecule has 0 unspecified atom stereocenters. The van der Waals surface area contributed by atoms with Gasteiger partial charge in [-0.15, -0.1) is 0 Å². The molecule has 0 aliphatic carbocycles. The second-order valence-electron chi connectivity index (χ2n) is 6.57. The highest BCUT2D eigenvalue weighted by atomic mass is 16.1. The zero-order valence-electron chi connectivity index (χ0n) is 16.1. The van der Waals surface area contributed by atoms with Crippen LogP contribution in [0, 0.1) is 0 Å². The Morgan fingerprint density at radius 3 is 2.52 bits per heavy atom. The van der Waals surface area contributed by atoms with Gasteiger partial charge < -0.3 is 10.2 Å². The van der Waals surface area contributed by atoms with Crippen molar-refractivity contribution in [3.63, 3.8) is 0 Å². The molecule has 7 heteroatoms. The fourth-order valence-electron chi connectivity index (χ4n) is 2.65. The Kier molecular flexibility index (Phi) is 5.49. The average Bonchev–Trinajstić information content (AvgIpc) is 3.11. The van der Waals surface area contributed by atoms with Gasteiger partial charge >= 0.3 is 0 Å². The van der Waals surface area contributed by atoms with Crippen molar-refractivity contribution in [1.82, 2.24) is 25.1 Å². The molecule has 2 heterocycles. The second kappa shape index (κ2) is 7.99. The summed E-state index contributed by atoms with van der Waals surface area (Å²) < 4.78 is 1.71. The van der Waals surface area contributed by atoms with Gasteiger partial charge in [-0.1, -0.05) is 19.1 Å². The second-order valence-corrected chi connectivity index (χ2v) is 6.57. The van der Waals surface area contributed by atoms with E-state index >= 15 is 0 Å². The van der Waals surface area contributed by atoms with Gasteiger partial charge in [0, 0.05) is 56.3 Å². The predicted molar refractivity (Wildman–Crippen MR) is 106 cm³/mol. The molecule has 140 valence electrons. The van der Waals surface area contributed by atoms with Crippen LogP contribution in [0.2, 0.25) is 0 Å². The third kappa shape index (κ3) is 4.49. The minimum Gasteiger partial charge on any atom is -0.348 e. The molecule has 0 aliphatic heterocycles. The first-order valence-corrected chi connectivity index (χ1v) is 8.87. The van der Waals surface area contributed by atoms with E-state index in [-0.39, 0.29) is 5.91 Å². The minimum atomic E-state index is -0.115. The maximum atomic E-state index is 12.3. The molecular weight excluding hydrogens is 340 g/mol. The molecule has 27 heavy (non-hydrogen) atoms. The number of aryl methyl sites for hydroxylation is 2. The summed E-state index contributed by atoms with van der Waals surface area (Å²) in [4.78, 5) is 23.4. The number of aromatic nitrogens is 4. The van der Waals surface area contributed by atoms with E-state index in [0.717, 1.165) is 28.9 Å². The van der Waals surface area contributed by atoms with Crippen LogP contribution >= 0.6 is 0 Å². The lowest BCUT2D eigenvalue weighted by Crippen LogP contribution is -2.22. The maximum absolute atomic E-state index is 12.3. The summed E-state index contributed by atoms with van der Waals surface area (Å²) in [5.74, 6) is 0.568. The zero-order chi connectivity index (χ0) is 19.4. The minimum absolute atomic E-state index is 0.115. The van der Waals surface area contributed by atoms with Crippen LogP contribution in [-0.2, 0) is 20.0 Å². The molecule has 1 aromatic carbocycles. The number of hydrogen-bond donors (Lipinski definition) is 1. The van der Waals surface area contributed by atoms with Crippen molar-refractivity contribution in [2.24, 2.45) is 7.05 Å². The highest BCUT2D eigenvalue weighted by Crippen LogP contribution is 2.21. The van der Waals surface area contributed by atoms with Gasteiger partial charge in [0.15, 0.2) is 0 Å². The number of carbonyl (C=O) groups excluding carboxylic acids is 1. The van der Waals surface area contributed by atoms with Gasteiger partial charge in [-0.25, -0.2) is 9.97 Å². The van der Waals surface area contributed by atoms with Crippen molar-refractivity contribution in [2.45, 2.75) is 19.9 Å². The van der Waals surface area contributed by atoms with Gasteiger partial charge in [0.2, 0.25) is 5.95 Å². The van der Waals surface area contributed by atoms with E-state index in [2.05, 4.69) is 27.3 Å². The Morgan fingerprint density at radius 1 is 1.19 bits per heavy atom. The molecule has 0 spiro atoms. The van der Waals surface area contributed by atoms with Gasteiger partial charge in [-0.05, 0) is 24.6 Å². The van der Waals surface area contributed by atoms with Crippen LogP contribution in [0.3, 0.4) is 0 Å². The lowest BCUT2D eigenvalue weighted by molar-refractivity contribution is 0.0951. The third-order valence-corrected chi connectivity index (χ3v) is 4.18. The number of anilines is 1. The number of nitrogens with one attached hydrogen (secondary N) is 1. The number of rotatable bonds is 6. The van der Waals surface area contributed by atoms with Gasteiger partial charge in [0.25, 0.3) is 5.91 Å². The van der Waals surface area contributed by atoms with Gasteiger partial charge in [0.05, 0.1) is 11.9 Å². The number of amides is 1. The van der Waals surface area contributed by atoms with Crippen molar-refractivity contribution in [3.8, 4) is 11.3 Å². The Bertz CT molecular complexity index is 930. The Balaban J connectivity index is 1.74. The Hall–Kier alpha value is -3.22. The van der Waals surface area contributed by atoms with Crippen LogP contribution < -0.4 is 10.2 Å². The fraction of sp³-hybridized carbons (Fsp3) is 0.300. The largest absolute Gasteiger partial charge is 0.348 e. The molecule has 7 nitrogen and oxygen atoms in total. The highest BCUT2D eigenvalue weighted by molar-refractivity contribution is 5.94. The first kappa shape index (κ1) is 18.6. The molecule has 0 atom stereocenters. The number of carbonyl (C=O) groups is 1. The van der Waals surface area contributed by atoms with Crippen molar-refractivity contribution in [2.75, 3.05) is 19.0 Å². The van der Waals surface area contributed by atoms with Crippen LogP contribution in [0.4, 0.5) is 5.95 Å². The first-order chi connectivity index (χ1) is 13.0. The molecule has 2 aromatic heterocycles. The monoisotopic (exact) mass is 364 g/mol. The predicted octanol–water partition coefficient (Wildman–Crippen LogP) is 2.44. The standard InChI is InChI=1S/C20H24N6O/c1-5-17-10-18(24-20(23-17)25(2)3)15-6-8-16(9-7-15)19(27)21-11-14-12-22-26(4)13-14/h6-10,12-13H,5,11H2,1-4H3,(H,21,27). The van der Waals surface area contributed by atoms with Crippen LogP contribution in [-0.4, -0.2) is 39.8 Å². The van der Waals surface area contributed by atoms with E-state index in [1.54, 1.807) is 10.9 Å².